The van der Waals surface area contributed by atoms with E-state index < -0.39 is 0 Å². The van der Waals surface area contributed by atoms with Gasteiger partial charge in [-0.25, -0.2) is 0 Å². The molecule has 0 bridgehead atoms. The van der Waals surface area contributed by atoms with Gasteiger partial charge in [-0.2, -0.15) is 0 Å². The molecule has 0 saturated heterocycles. The zero-order chi connectivity index (χ0) is 15.8. The van der Waals surface area contributed by atoms with Crippen molar-refractivity contribution >= 4 is 0 Å². The zero-order valence-electron chi connectivity index (χ0n) is 14.7. The van der Waals surface area contributed by atoms with Crippen LogP contribution in [0.5, 0.6) is 5.75 Å². The fraction of sp³-hybridized carbons (Fsp3) is 0.684. The van der Waals surface area contributed by atoms with E-state index in [2.05, 4.69) is 65.1 Å². The fourth-order valence-electron chi connectivity index (χ4n) is 2.76. The number of benzene rings is 1. The number of ether oxygens (including phenoxy) is 1. The highest BCUT2D eigenvalue weighted by Crippen LogP contribution is 2.37. The maximum absolute atomic E-state index is 6.27. The average Bonchev–Trinajstić information content (AvgIpc) is 2.30. The predicted octanol–water partition coefficient (Wildman–Crippen LogP) is 4.41. The molecular formula is C19H31NO. The standard InChI is InChI=1S/C19H31NO/c1-18(2,3)13-8-9-17(16(10-13)19(4,5)6)21-15-11-14(12-15)20-7/h8-10,14-15,20H,11-12H2,1-7H3. The highest BCUT2D eigenvalue weighted by Gasteiger charge is 2.31. The molecule has 0 unspecified atom stereocenters. The first-order valence-corrected chi connectivity index (χ1v) is 8.10. The SMILES string of the molecule is CNC1CC(Oc2ccc(C(C)(C)C)cc2C(C)(C)C)C1. The highest BCUT2D eigenvalue weighted by molar-refractivity contribution is 5.43. The van der Waals surface area contributed by atoms with Crippen molar-refractivity contribution < 1.29 is 4.74 Å². The second kappa shape index (κ2) is 5.64. The van der Waals surface area contributed by atoms with E-state index in [0.29, 0.717) is 12.1 Å². The molecule has 1 aromatic carbocycles. The molecule has 1 N–H and O–H groups in total. The molecule has 0 spiro atoms. The van der Waals surface area contributed by atoms with Gasteiger partial charge in [0.25, 0.3) is 0 Å². The normalized spacial score (nSPS) is 22.8. The summed E-state index contributed by atoms with van der Waals surface area (Å²) in [6.07, 6.45) is 2.59. The highest BCUT2D eigenvalue weighted by atomic mass is 16.5. The Kier molecular flexibility index (Phi) is 4.39. The molecule has 1 aliphatic carbocycles. The Morgan fingerprint density at radius 1 is 1.00 bits per heavy atom. The number of hydrogen-bond donors (Lipinski definition) is 1. The Bertz CT molecular complexity index is 487. The summed E-state index contributed by atoms with van der Waals surface area (Å²) < 4.78 is 6.27. The molecule has 0 amide bonds. The average molecular weight is 289 g/mol. The fourth-order valence-corrected chi connectivity index (χ4v) is 2.76. The van der Waals surface area contributed by atoms with Gasteiger partial charge in [0.1, 0.15) is 11.9 Å². The van der Waals surface area contributed by atoms with Gasteiger partial charge in [0.15, 0.2) is 0 Å². The summed E-state index contributed by atoms with van der Waals surface area (Å²) in [5.74, 6) is 1.06. The van der Waals surface area contributed by atoms with Gasteiger partial charge in [0.05, 0.1) is 0 Å². The lowest BCUT2D eigenvalue weighted by molar-refractivity contribution is 0.0865. The summed E-state index contributed by atoms with van der Waals surface area (Å²) in [6, 6.07) is 7.36. The van der Waals surface area contributed by atoms with Crippen molar-refractivity contribution in [3.63, 3.8) is 0 Å². The minimum Gasteiger partial charge on any atom is -0.490 e. The van der Waals surface area contributed by atoms with E-state index in [-0.39, 0.29) is 10.8 Å². The van der Waals surface area contributed by atoms with Crippen LogP contribution < -0.4 is 10.1 Å². The molecular weight excluding hydrogens is 258 g/mol. The van der Waals surface area contributed by atoms with Gasteiger partial charge < -0.3 is 10.1 Å². The van der Waals surface area contributed by atoms with E-state index in [1.165, 1.54) is 11.1 Å². The van der Waals surface area contributed by atoms with Gasteiger partial charge in [-0.05, 0) is 47.9 Å². The van der Waals surface area contributed by atoms with Crippen LogP contribution in [0.4, 0.5) is 0 Å². The van der Waals surface area contributed by atoms with Crippen molar-refractivity contribution in [2.24, 2.45) is 0 Å². The van der Waals surface area contributed by atoms with Gasteiger partial charge >= 0.3 is 0 Å². The molecule has 2 nitrogen and oxygen atoms in total. The molecule has 118 valence electrons. The molecule has 1 aromatic rings. The molecule has 1 fully saturated rings. The molecule has 2 heteroatoms. The van der Waals surface area contributed by atoms with Crippen molar-refractivity contribution in [2.75, 3.05) is 7.05 Å². The van der Waals surface area contributed by atoms with Crippen LogP contribution in [0.1, 0.15) is 65.5 Å². The van der Waals surface area contributed by atoms with Crippen LogP contribution in [0.3, 0.4) is 0 Å². The van der Waals surface area contributed by atoms with Crippen LogP contribution >= 0.6 is 0 Å². The summed E-state index contributed by atoms with van der Waals surface area (Å²) in [7, 11) is 2.03. The van der Waals surface area contributed by atoms with Gasteiger partial charge in [0.2, 0.25) is 0 Å². The molecule has 0 atom stereocenters. The largest absolute Gasteiger partial charge is 0.490 e. The van der Waals surface area contributed by atoms with Gasteiger partial charge in [-0.3, -0.25) is 0 Å². The van der Waals surface area contributed by atoms with E-state index >= 15 is 0 Å². The quantitative estimate of drug-likeness (QED) is 0.890. The van der Waals surface area contributed by atoms with Crippen LogP contribution in [0.25, 0.3) is 0 Å². The summed E-state index contributed by atoms with van der Waals surface area (Å²) >= 11 is 0. The monoisotopic (exact) mass is 289 g/mol. The number of rotatable bonds is 3. The van der Waals surface area contributed by atoms with E-state index in [1.54, 1.807) is 0 Å². The van der Waals surface area contributed by atoms with Crippen molar-refractivity contribution in [3.8, 4) is 5.75 Å². The first kappa shape index (κ1) is 16.4. The zero-order valence-corrected chi connectivity index (χ0v) is 14.7. The minimum absolute atomic E-state index is 0.0999. The second-order valence-corrected chi connectivity index (χ2v) is 8.41. The van der Waals surface area contributed by atoms with Gasteiger partial charge in [-0.15, -0.1) is 0 Å². The predicted molar refractivity (Wildman–Crippen MR) is 90.3 cm³/mol. The number of nitrogens with one attached hydrogen (secondary N) is 1. The van der Waals surface area contributed by atoms with E-state index in [4.69, 9.17) is 4.74 Å². The first-order chi connectivity index (χ1) is 9.61. The third-order valence-corrected chi connectivity index (χ3v) is 4.45. The summed E-state index contributed by atoms with van der Waals surface area (Å²) in [5, 5.41) is 3.31. The van der Waals surface area contributed by atoms with E-state index in [1.807, 2.05) is 7.05 Å². The maximum Gasteiger partial charge on any atom is 0.123 e. The summed E-state index contributed by atoms with van der Waals surface area (Å²) in [6.45, 7) is 13.6. The summed E-state index contributed by atoms with van der Waals surface area (Å²) in [5.41, 5.74) is 2.97. The van der Waals surface area contributed by atoms with Gasteiger partial charge in [-0.1, -0.05) is 53.7 Å². The molecule has 0 aliphatic heterocycles. The van der Waals surface area contributed by atoms with Crippen LogP contribution in [-0.4, -0.2) is 19.2 Å². The Morgan fingerprint density at radius 3 is 2.10 bits per heavy atom. The third kappa shape index (κ3) is 3.79. The lowest BCUT2D eigenvalue weighted by Crippen LogP contribution is -2.45. The second-order valence-electron chi connectivity index (χ2n) is 8.41. The Balaban J connectivity index is 2.24. The van der Waals surface area contributed by atoms with Crippen LogP contribution in [0.15, 0.2) is 18.2 Å². The lowest BCUT2D eigenvalue weighted by Gasteiger charge is -2.37. The lowest BCUT2D eigenvalue weighted by atomic mass is 9.80. The molecule has 2 rings (SSSR count). The topological polar surface area (TPSA) is 21.3 Å². The Labute approximate surface area is 130 Å². The van der Waals surface area contributed by atoms with Crippen molar-refractivity contribution in [1.82, 2.24) is 5.32 Å². The maximum atomic E-state index is 6.27. The van der Waals surface area contributed by atoms with Crippen molar-refractivity contribution in [3.05, 3.63) is 29.3 Å². The molecule has 1 aliphatic rings. The third-order valence-electron chi connectivity index (χ3n) is 4.45. The molecule has 1 saturated carbocycles. The van der Waals surface area contributed by atoms with E-state index in [0.717, 1.165) is 18.6 Å². The molecule has 0 heterocycles. The summed E-state index contributed by atoms with van der Waals surface area (Å²) in [4.78, 5) is 0. The van der Waals surface area contributed by atoms with Crippen LogP contribution in [0.2, 0.25) is 0 Å². The smallest absolute Gasteiger partial charge is 0.123 e. The first-order valence-electron chi connectivity index (χ1n) is 8.10. The van der Waals surface area contributed by atoms with Crippen molar-refractivity contribution in [1.29, 1.82) is 0 Å². The van der Waals surface area contributed by atoms with Crippen molar-refractivity contribution in [2.45, 2.75) is 77.4 Å². The molecule has 21 heavy (non-hydrogen) atoms. The minimum atomic E-state index is 0.0999. The van der Waals surface area contributed by atoms with Crippen LogP contribution in [-0.2, 0) is 10.8 Å². The van der Waals surface area contributed by atoms with Gasteiger partial charge in [0, 0.05) is 6.04 Å². The Hall–Kier alpha value is -1.02. The molecule has 0 aromatic heterocycles. The molecule has 0 radical (unpaired) electrons. The van der Waals surface area contributed by atoms with Crippen LogP contribution in [0, 0.1) is 0 Å². The Morgan fingerprint density at radius 2 is 1.62 bits per heavy atom. The number of hydrogen-bond acceptors (Lipinski definition) is 2. The van der Waals surface area contributed by atoms with E-state index in [9.17, 15) is 0 Å².